The van der Waals surface area contributed by atoms with Crippen LogP contribution in [0.3, 0.4) is 0 Å². The summed E-state index contributed by atoms with van der Waals surface area (Å²) in [7, 11) is 1.65. The number of pyridine rings is 1. The molecule has 0 aliphatic heterocycles. The Morgan fingerprint density at radius 1 is 1.28 bits per heavy atom. The predicted molar refractivity (Wildman–Crippen MR) is 74.3 cm³/mol. The number of benzene rings is 1. The van der Waals surface area contributed by atoms with E-state index < -0.39 is 0 Å². The summed E-state index contributed by atoms with van der Waals surface area (Å²) in [6.07, 6.45) is 3.62. The zero-order valence-corrected chi connectivity index (χ0v) is 11.2. The number of hydrogen-bond acceptors (Lipinski definition) is 3. The molecule has 0 aliphatic rings. The van der Waals surface area contributed by atoms with Crippen LogP contribution in [0, 0.1) is 6.92 Å². The number of nitrogens with one attached hydrogen (secondary N) is 1. The summed E-state index contributed by atoms with van der Waals surface area (Å²) >= 11 is 5.99. The van der Waals surface area contributed by atoms with Crippen LogP contribution in [-0.2, 0) is 6.54 Å². The summed E-state index contributed by atoms with van der Waals surface area (Å²) in [4.78, 5) is 4.14. The number of ether oxygens (including phenoxy) is 1. The molecule has 0 bridgehead atoms. The molecule has 2 aromatic rings. The number of aromatic nitrogens is 1. The highest BCUT2D eigenvalue weighted by atomic mass is 35.5. The minimum Gasteiger partial charge on any atom is -0.496 e. The maximum Gasteiger partial charge on any atom is 0.123 e. The van der Waals surface area contributed by atoms with Gasteiger partial charge in [0.1, 0.15) is 5.75 Å². The number of halogens is 1. The first kappa shape index (κ1) is 12.7. The minimum absolute atomic E-state index is 0.648. The van der Waals surface area contributed by atoms with E-state index in [-0.39, 0.29) is 0 Å². The van der Waals surface area contributed by atoms with Gasteiger partial charge < -0.3 is 10.1 Å². The summed E-state index contributed by atoms with van der Waals surface area (Å²) in [5.41, 5.74) is 3.13. The van der Waals surface area contributed by atoms with Gasteiger partial charge in [0.15, 0.2) is 0 Å². The second-order valence-electron chi connectivity index (χ2n) is 4.06. The van der Waals surface area contributed by atoms with Gasteiger partial charge in [0, 0.05) is 29.5 Å². The molecule has 94 valence electrons. The van der Waals surface area contributed by atoms with Crippen LogP contribution >= 0.6 is 11.6 Å². The maximum absolute atomic E-state index is 5.99. The zero-order chi connectivity index (χ0) is 13.0. The molecule has 0 unspecified atom stereocenters. The van der Waals surface area contributed by atoms with Crippen molar-refractivity contribution in [2.45, 2.75) is 13.5 Å². The number of methoxy groups -OCH3 is 1. The predicted octanol–water partition coefficient (Wildman–Crippen LogP) is 3.66. The summed E-state index contributed by atoms with van der Waals surface area (Å²) in [5, 5.41) is 4.01. The summed E-state index contributed by atoms with van der Waals surface area (Å²) in [5.74, 6) is 0.826. The third kappa shape index (κ3) is 3.14. The van der Waals surface area contributed by atoms with Crippen molar-refractivity contribution in [1.29, 1.82) is 0 Å². The third-order valence-electron chi connectivity index (χ3n) is 2.60. The molecule has 1 aromatic heterocycles. The van der Waals surface area contributed by atoms with Crippen molar-refractivity contribution in [2.24, 2.45) is 0 Å². The molecule has 2 rings (SSSR count). The molecule has 1 aromatic carbocycles. The zero-order valence-electron chi connectivity index (χ0n) is 10.4. The third-order valence-corrected chi connectivity index (χ3v) is 2.84. The van der Waals surface area contributed by atoms with Gasteiger partial charge in [-0.15, -0.1) is 0 Å². The van der Waals surface area contributed by atoms with Crippen molar-refractivity contribution in [3.63, 3.8) is 0 Å². The van der Waals surface area contributed by atoms with Gasteiger partial charge in [-0.25, -0.2) is 0 Å². The van der Waals surface area contributed by atoms with E-state index in [1.807, 2.05) is 37.4 Å². The molecule has 0 spiro atoms. The number of anilines is 1. The number of nitrogens with zero attached hydrogens (tertiary/aromatic N) is 1. The number of aryl methyl sites for hydroxylation is 1. The molecule has 1 N–H and O–H groups in total. The minimum atomic E-state index is 0.648. The Balaban J connectivity index is 2.12. The lowest BCUT2D eigenvalue weighted by Gasteiger charge is -2.11. The van der Waals surface area contributed by atoms with Crippen molar-refractivity contribution in [1.82, 2.24) is 4.98 Å². The van der Waals surface area contributed by atoms with E-state index in [1.54, 1.807) is 13.3 Å². The van der Waals surface area contributed by atoms with Gasteiger partial charge in [-0.05, 0) is 36.8 Å². The summed E-state index contributed by atoms with van der Waals surface area (Å²) in [6.45, 7) is 2.66. The Morgan fingerprint density at radius 2 is 2.11 bits per heavy atom. The molecule has 0 fully saturated rings. The van der Waals surface area contributed by atoms with Gasteiger partial charge >= 0.3 is 0 Å². The molecule has 0 aliphatic carbocycles. The lowest BCUT2D eigenvalue weighted by atomic mass is 10.2. The monoisotopic (exact) mass is 262 g/mol. The number of rotatable bonds is 4. The highest BCUT2D eigenvalue weighted by molar-refractivity contribution is 6.30. The smallest absolute Gasteiger partial charge is 0.123 e. The van der Waals surface area contributed by atoms with E-state index in [0.29, 0.717) is 11.6 Å². The van der Waals surface area contributed by atoms with Gasteiger partial charge in [0.2, 0.25) is 0 Å². The van der Waals surface area contributed by atoms with E-state index in [4.69, 9.17) is 16.3 Å². The topological polar surface area (TPSA) is 34.1 Å². The molecule has 1 heterocycles. The van der Waals surface area contributed by atoms with E-state index in [9.17, 15) is 0 Å². The van der Waals surface area contributed by atoms with E-state index in [1.165, 1.54) is 0 Å². The Bertz CT molecular complexity index is 543. The molecular formula is C14H15ClN2O. The van der Waals surface area contributed by atoms with Crippen LogP contribution in [0.4, 0.5) is 5.69 Å². The van der Waals surface area contributed by atoms with Crippen LogP contribution in [0.15, 0.2) is 36.7 Å². The lowest BCUT2D eigenvalue weighted by molar-refractivity contribution is 0.410. The first-order valence-electron chi connectivity index (χ1n) is 5.67. The second-order valence-corrected chi connectivity index (χ2v) is 4.50. The maximum atomic E-state index is 5.99. The van der Waals surface area contributed by atoms with Gasteiger partial charge in [-0.1, -0.05) is 11.6 Å². The molecule has 0 radical (unpaired) electrons. The summed E-state index contributed by atoms with van der Waals surface area (Å²) in [6, 6.07) is 7.63. The van der Waals surface area contributed by atoms with Gasteiger partial charge in [-0.3, -0.25) is 4.98 Å². The average Bonchev–Trinajstić information content (AvgIpc) is 2.37. The van der Waals surface area contributed by atoms with Crippen LogP contribution in [-0.4, -0.2) is 12.1 Å². The molecule has 4 heteroatoms. The van der Waals surface area contributed by atoms with Crippen LogP contribution in [0.25, 0.3) is 0 Å². The molecule has 0 atom stereocenters. The highest BCUT2D eigenvalue weighted by Crippen LogP contribution is 2.23. The molecule has 18 heavy (non-hydrogen) atoms. The first-order valence-corrected chi connectivity index (χ1v) is 6.05. The summed E-state index contributed by atoms with van der Waals surface area (Å²) < 4.78 is 5.30. The first-order chi connectivity index (χ1) is 8.69. The quantitative estimate of drug-likeness (QED) is 0.913. The van der Waals surface area contributed by atoms with Gasteiger partial charge in [-0.2, -0.15) is 0 Å². The fourth-order valence-electron chi connectivity index (χ4n) is 1.73. The lowest BCUT2D eigenvalue weighted by Crippen LogP contribution is -2.02. The standard InChI is InChI=1S/C14H15ClN2O/c1-10-5-13(9-16-7-10)17-8-11-6-12(15)3-4-14(11)18-2/h3-7,9,17H,8H2,1-2H3. The van der Waals surface area contributed by atoms with Crippen molar-refractivity contribution in [3.8, 4) is 5.75 Å². The van der Waals surface area contributed by atoms with Crippen LogP contribution in [0.1, 0.15) is 11.1 Å². The SMILES string of the molecule is COc1ccc(Cl)cc1CNc1cncc(C)c1. The molecule has 0 saturated carbocycles. The average molecular weight is 263 g/mol. The van der Waals surface area contributed by atoms with Crippen molar-refractivity contribution in [2.75, 3.05) is 12.4 Å². The molecule has 0 saturated heterocycles. The van der Waals surface area contributed by atoms with E-state index >= 15 is 0 Å². The largest absolute Gasteiger partial charge is 0.496 e. The van der Waals surface area contributed by atoms with E-state index in [2.05, 4.69) is 10.3 Å². The Hall–Kier alpha value is -1.74. The second kappa shape index (κ2) is 5.74. The Labute approximate surface area is 112 Å². The fraction of sp³-hybridized carbons (Fsp3) is 0.214. The highest BCUT2D eigenvalue weighted by Gasteiger charge is 2.04. The molecule has 3 nitrogen and oxygen atoms in total. The van der Waals surface area contributed by atoms with Crippen molar-refractivity contribution < 1.29 is 4.74 Å². The van der Waals surface area contributed by atoms with Crippen molar-refractivity contribution >= 4 is 17.3 Å². The van der Waals surface area contributed by atoms with E-state index in [0.717, 1.165) is 22.6 Å². The van der Waals surface area contributed by atoms with Crippen LogP contribution in [0.2, 0.25) is 5.02 Å². The van der Waals surface area contributed by atoms with Crippen LogP contribution < -0.4 is 10.1 Å². The fourth-order valence-corrected chi connectivity index (χ4v) is 1.93. The van der Waals surface area contributed by atoms with Gasteiger partial charge in [0.05, 0.1) is 12.8 Å². The Morgan fingerprint density at radius 3 is 2.83 bits per heavy atom. The molecule has 0 amide bonds. The van der Waals surface area contributed by atoms with Crippen molar-refractivity contribution in [3.05, 3.63) is 52.8 Å². The Kier molecular flexibility index (Phi) is 4.05. The van der Waals surface area contributed by atoms with Gasteiger partial charge in [0.25, 0.3) is 0 Å². The number of hydrogen-bond donors (Lipinski definition) is 1. The van der Waals surface area contributed by atoms with Crippen LogP contribution in [0.5, 0.6) is 5.75 Å². The molecular weight excluding hydrogens is 248 g/mol. The normalized spacial score (nSPS) is 10.2.